The molecule has 0 heterocycles. The van der Waals surface area contributed by atoms with Gasteiger partial charge in [-0.25, -0.2) is 0 Å². The lowest BCUT2D eigenvalue weighted by molar-refractivity contribution is 0.0700. The molecule has 6 fully saturated rings. The van der Waals surface area contributed by atoms with Crippen molar-refractivity contribution < 1.29 is 0 Å². The summed E-state index contributed by atoms with van der Waals surface area (Å²) in [4.78, 5) is 0.807. The molecule has 0 aromatic rings. The smallest absolute Gasteiger partial charge is 0.0875 e. The number of hydrogen-bond donors (Lipinski definition) is 0. The molecule has 6 aliphatic rings. The van der Waals surface area contributed by atoms with E-state index in [2.05, 4.69) is 54.7 Å². The second kappa shape index (κ2) is 2.18. The van der Waals surface area contributed by atoms with Gasteiger partial charge in [0.25, 0.3) is 0 Å². The summed E-state index contributed by atoms with van der Waals surface area (Å²) in [5, 5.41) is 0. The van der Waals surface area contributed by atoms with Crippen LogP contribution in [0.5, 0.6) is 0 Å². The van der Waals surface area contributed by atoms with Gasteiger partial charge in [-0.2, -0.15) is 0 Å². The molecule has 6 saturated carbocycles. The molecule has 0 nitrogen and oxygen atoms in total. The van der Waals surface area contributed by atoms with E-state index < -0.39 is 0 Å². The van der Waals surface area contributed by atoms with Crippen molar-refractivity contribution in [1.82, 2.24) is 0 Å². The first kappa shape index (κ1) is 9.38. The molecule has 0 aromatic carbocycles. The van der Waals surface area contributed by atoms with Crippen molar-refractivity contribution in [2.45, 2.75) is 21.4 Å². The maximum atomic E-state index is 4.05. The van der Waals surface area contributed by atoms with Crippen LogP contribution in [0.3, 0.4) is 0 Å². The molecule has 6 aliphatic carbocycles. The third-order valence-corrected chi connectivity index (χ3v) is 10.5. The van der Waals surface area contributed by atoms with Crippen LogP contribution in [-0.4, -0.2) is 8.06 Å². The summed E-state index contributed by atoms with van der Waals surface area (Å²) in [5.41, 5.74) is 0.588. The van der Waals surface area contributed by atoms with E-state index >= 15 is 0 Å². The predicted octanol–water partition coefficient (Wildman–Crippen LogP) is 4.01. The Morgan fingerprint density at radius 2 is 1.73 bits per heavy atom. The van der Waals surface area contributed by atoms with Crippen LogP contribution in [0.25, 0.3) is 0 Å². The van der Waals surface area contributed by atoms with E-state index in [0.717, 1.165) is 46.3 Å². The fourth-order valence-corrected chi connectivity index (χ4v) is 11.2. The van der Waals surface area contributed by atoms with Gasteiger partial charge in [0.1, 0.15) is 0 Å². The molecule has 3 heteroatoms. The van der Waals surface area contributed by atoms with Crippen molar-refractivity contribution in [3.05, 3.63) is 0 Å². The summed E-state index contributed by atoms with van der Waals surface area (Å²) < 4.78 is 0.292. The van der Waals surface area contributed by atoms with Crippen LogP contribution >= 0.6 is 47.8 Å². The second-order valence-corrected chi connectivity index (χ2v) is 11.4. The number of halogens is 3. The standard InChI is InChI=1S/C12H13Br3/c1-11-7-4-2-3-5(6(4)10(11)13)9(11)12(14,15)8(3)7/h3-10H,2H2,1H3/t3-,4+,5+,6-,7-,8+,9+,10-,11+/m1/s1. The first-order chi connectivity index (χ1) is 7.00. The van der Waals surface area contributed by atoms with Crippen LogP contribution in [0.15, 0.2) is 0 Å². The van der Waals surface area contributed by atoms with Gasteiger partial charge in [-0.3, -0.25) is 0 Å². The first-order valence-corrected chi connectivity index (χ1v) is 8.52. The molecule has 6 rings (SSSR count). The number of alkyl halides is 3. The van der Waals surface area contributed by atoms with Crippen molar-refractivity contribution in [3.8, 4) is 0 Å². The third-order valence-electron chi connectivity index (χ3n) is 6.85. The molecule has 0 unspecified atom stereocenters. The van der Waals surface area contributed by atoms with Crippen molar-refractivity contribution >= 4 is 47.8 Å². The second-order valence-electron chi connectivity index (χ2n) is 6.69. The van der Waals surface area contributed by atoms with E-state index in [9.17, 15) is 0 Å². The Labute approximate surface area is 115 Å². The van der Waals surface area contributed by atoms with Gasteiger partial charge in [0.05, 0.1) is 3.23 Å². The molecule has 0 aliphatic heterocycles. The lowest BCUT2D eigenvalue weighted by atomic mass is 9.64. The summed E-state index contributed by atoms with van der Waals surface area (Å²) in [6.07, 6.45) is 1.54. The average Bonchev–Trinajstić information content (AvgIpc) is 2.81. The molecule has 0 saturated heterocycles. The Kier molecular flexibility index (Phi) is 1.36. The highest BCUT2D eigenvalue weighted by Gasteiger charge is 2.90. The van der Waals surface area contributed by atoms with Gasteiger partial charge >= 0.3 is 0 Å². The summed E-state index contributed by atoms with van der Waals surface area (Å²) in [7, 11) is 0. The van der Waals surface area contributed by atoms with Crippen LogP contribution in [0.4, 0.5) is 0 Å². The molecular formula is C12H13Br3. The van der Waals surface area contributed by atoms with E-state index in [-0.39, 0.29) is 0 Å². The predicted molar refractivity (Wildman–Crippen MR) is 70.5 cm³/mol. The lowest BCUT2D eigenvalue weighted by Gasteiger charge is -2.40. The monoisotopic (exact) mass is 394 g/mol. The molecular weight excluding hydrogens is 384 g/mol. The van der Waals surface area contributed by atoms with Gasteiger partial charge in [-0.15, -0.1) is 0 Å². The zero-order chi connectivity index (χ0) is 10.3. The highest BCUT2D eigenvalue weighted by Crippen LogP contribution is 2.92. The molecule has 0 amide bonds. The highest BCUT2D eigenvalue weighted by atomic mass is 79.9. The molecule has 0 radical (unpaired) electrons. The molecule has 0 N–H and O–H groups in total. The van der Waals surface area contributed by atoms with Gasteiger partial charge in [0.2, 0.25) is 0 Å². The van der Waals surface area contributed by atoms with Crippen LogP contribution in [0.1, 0.15) is 13.3 Å². The minimum absolute atomic E-state index is 0.292. The summed E-state index contributed by atoms with van der Waals surface area (Å²) in [6.45, 7) is 2.56. The van der Waals surface area contributed by atoms with Crippen LogP contribution in [0, 0.1) is 46.8 Å². The zero-order valence-corrected chi connectivity index (χ0v) is 13.2. The Morgan fingerprint density at radius 1 is 1.07 bits per heavy atom. The van der Waals surface area contributed by atoms with E-state index in [1.165, 1.54) is 6.42 Å². The molecule has 0 aromatic heterocycles. The van der Waals surface area contributed by atoms with E-state index in [1.54, 1.807) is 0 Å². The minimum Gasteiger partial charge on any atom is -0.0881 e. The Morgan fingerprint density at radius 3 is 2.40 bits per heavy atom. The topological polar surface area (TPSA) is 0 Å². The zero-order valence-electron chi connectivity index (χ0n) is 8.46. The average molecular weight is 397 g/mol. The SMILES string of the molecule is C[C@@]12[C@@H]3[C@H]4C[C@@H]5[C@@H]([C@@H]4[C@H]1Br)[C@@H]2C(Br)(Br)[C@@H]53. The molecule has 9 atom stereocenters. The third kappa shape index (κ3) is 0.613. The van der Waals surface area contributed by atoms with Gasteiger partial charge in [0.15, 0.2) is 0 Å². The van der Waals surface area contributed by atoms with Crippen molar-refractivity contribution in [1.29, 1.82) is 0 Å². The summed E-state index contributed by atoms with van der Waals surface area (Å²) >= 11 is 12.2. The van der Waals surface area contributed by atoms with E-state index in [0.29, 0.717) is 8.65 Å². The minimum atomic E-state index is 0.292. The quantitative estimate of drug-likeness (QED) is 0.543. The Balaban J connectivity index is 1.88. The number of hydrogen-bond acceptors (Lipinski definition) is 0. The maximum absolute atomic E-state index is 4.05. The summed E-state index contributed by atoms with van der Waals surface area (Å²) in [6, 6.07) is 0. The van der Waals surface area contributed by atoms with Crippen LogP contribution < -0.4 is 0 Å². The molecule has 15 heavy (non-hydrogen) atoms. The Hall–Kier alpha value is 1.44. The Bertz CT molecular complexity index is 390. The van der Waals surface area contributed by atoms with Gasteiger partial charge in [0, 0.05) is 4.83 Å². The first-order valence-electron chi connectivity index (χ1n) is 6.02. The lowest BCUT2D eigenvalue weighted by Crippen LogP contribution is -2.37. The van der Waals surface area contributed by atoms with E-state index in [4.69, 9.17) is 0 Å². The van der Waals surface area contributed by atoms with Crippen LogP contribution in [0.2, 0.25) is 0 Å². The normalized spacial score (nSPS) is 79.2. The van der Waals surface area contributed by atoms with Crippen molar-refractivity contribution in [2.75, 3.05) is 0 Å². The number of rotatable bonds is 0. The molecule has 6 bridgehead atoms. The molecule has 82 valence electrons. The fourth-order valence-electron chi connectivity index (χ4n) is 7.03. The summed E-state index contributed by atoms with van der Waals surface area (Å²) in [5.74, 6) is 6.98. The van der Waals surface area contributed by atoms with Gasteiger partial charge < -0.3 is 0 Å². The van der Waals surface area contributed by atoms with Crippen molar-refractivity contribution in [3.63, 3.8) is 0 Å². The van der Waals surface area contributed by atoms with E-state index in [1.807, 2.05) is 0 Å². The van der Waals surface area contributed by atoms with Gasteiger partial charge in [-0.1, -0.05) is 54.7 Å². The highest BCUT2D eigenvalue weighted by molar-refractivity contribution is 9.25. The fraction of sp³-hybridized carbons (Fsp3) is 1.00. The molecule has 0 spiro atoms. The van der Waals surface area contributed by atoms with Gasteiger partial charge in [-0.05, 0) is 53.3 Å². The van der Waals surface area contributed by atoms with Crippen LogP contribution in [-0.2, 0) is 0 Å². The maximum Gasteiger partial charge on any atom is 0.0875 e. The van der Waals surface area contributed by atoms with Crippen molar-refractivity contribution in [2.24, 2.45) is 46.8 Å². The largest absolute Gasteiger partial charge is 0.0881 e.